The number of benzene rings is 2. The van der Waals surface area contributed by atoms with E-state index in [9.17, 15) is 4.79 Å². The number of amides is 1. The topological polar surface area (TPSA) is 68.4 Å². The summed E-state index contributed by atoms with van der Waals surface area (Å²) in [6.07, 6.45) is 4.70. The maximum Gasteiger partial charge on any atom is 0.230 e. The summed E-state index contributed by atoms with van der Waals surface area (Å²) < 4.78 is 5.43. The highest BCUT2D eigenvalue weighted by Gasteiger charge is 2.47. The Hall–Kier alpha value is -2.44. The normalized spacial score (nSPS) is 17.8. The number of ether oxygens (including phenoxy) is 1. The number of methoxy groups -OCH3 is 1. The van der Waals surface area contributed by atoms with Gasteiger partial charge >= 0.3 is 0 Å². The summed E-state index contributed by atoms with van der Waals surface area (Å²) in [6, 6.07) is 22.5. The van der Waals surface area contributed by atoms with Gasteiger partial charge in [-0.15, -0.1) is 24.8 Å². The molecule has 1 fully saturated rings. The number of anilines is 1. The van der Waals surface area contributed by atoms with E-state index in [4.69, 9.17) is 10.5 Å². The van der Waals surface area contributed by atoms with Gasteiger partial charge in [-0.3, -0.25) is 9.78 Å². The number of rotatable bonds is 10. The minimum absolute atomic E-state index is 0. The minimum atomic E-state index is -0.285. The summed E-state index contributed by atoms with van der Waals surface area (Å²) >= 11 is 0. The number of nitrogens with zero attached hydrogens (tertiary/aromatic N) is 2. The molecular weight excluding hydrogens is 493 g/mol. The van der Waals surface area contributed by atoms with Crippen LogP contribution in [-0.2, 0) is 16.0 Å². The molecule has 4 rings (SSSR count). The number of hydrogen-bond donors (Lipinski definition) is 1. The Morgan fingerprint density at radius 2 is 1.69 bits per heavy atom. The lowest BCUT2D eigenvalue weighted by atomic mass is 10.0. The van der Waals surface area contributed by atoms with Crippen molar-refractivity contribution in [2.75, 3.05) is 18.6 Å². The second-order valence-corrected chi connectivity index (χ2v) is 9.25. The van der Waals surface area contributed by atoms with E-state index < -0.39 is 0 Å². The molecule has 5 nitrogen and oxygen atoms in total. The standard InChI is InChI=1S/C29H35N3O2.2ClH/c1-4-7-21-9-11-22(12-10-21)23-13-15-24(16-14-23)32(19-27(30)20(2)34-3)29(33)26-18-25(26)28-8-5-6-17-31-28;;/h5-6,8-17,20,25-27H,4,7,18-19,30H2,1-3H3;2*1H/t20-,25-,26-,27-;;/m1../s1. The molecule has 1 amide bonds. The average molecular weight is 531 g/mol. The van der Waals surface area contributed by atoms with E-state index in [-0.39, 0.29) is 54.7 Å². The Morgan fingerprint density at radius 3 is 2.25 bits per heavy atom. The molecule has 2 aromatic carbocycles. The highest BCUT2D eigenvalue weighted by molar-refractivity contribution is 5.97. The third-order valence-corrected chi connectivity index (χ3v) is 6.81. The van der Waals surface area contributed by atoms with Gasteiger partial charge in [-0.05, 0) is 60.7 Å². The number of nitrogens with two attached hydrogens (primary N) is 1. The molecule has 0 radical (unpaired) electrons. The van der Waals surface area contributed by atoms with Crippen molar-refractivity contribution in [2.45, 2.75) is 51.2 Å². The number of aromatic nitrogens is 1. The molecule has 36 heavy (non-hydrogen) atoms. The van der Waals surface area contributed by atoms with E-state index in [0.29, 0.717) is 6.54 Å². The molecule has 0 aliphatic heterocycles. The largest absolute Gasteiger partial charge is 0.380 e. The molecule has 1 saturated carbocycles. The zero-order valence-corrected chi connectivity index (χ0v) is 22.8. The van der Waals surface area contributed by atoms with Crippen LogP contribution in [0.15, 0.2) is 72.9 Å². The van der Waals surface area contributed by atoms with Crippen LogP contribution in [0.25, 0.3) is 11.1 Å². The van der Waals surface area contributed by atoms with E-state index in [1.807, 2.05) is 42.2 Å². The molecule has 1 aliphatic carbocycles. The van der Waals surface area contributed by atoms with Crippen molar-refractivity contribution >= 4 is 36.4 Å². The third kappa shape index (κ3) is 7.07. The first kappa shape index (κ1) is 29.8. The summed E-state index contributed by atoms with van der Waals surface area (Å²) in [6.45, 7) is 4.54. The van der Waals surface area contributed by atoms with Gasteiger partial charge in [-0.1, -0.05) is 55.8 Å². The molecule has 4 atom stereocenters. The predicted octanol–water partition coefficient (Wildman–Crippen LogP) is 6.04. The SMILES string of the molecule is CCCc1ccc(-c2ccc(N(C[C@@H](N)[C@@H](C)OC)C(=O)[C@@H]3C[C@H]3c3ccccn3)cc2)cc1.Cl.Cl. The van der Waals surface area contributed by atoms with E-state index in [1.54, 1.807) is 13.3 Å². The first-order valence-electron chi connectivity index (χ1n) is 12.2. The van der Waals surface area contributed by atoms with Crippen molar-refractivity contribution in [1.29, 1.82) is 0 Å². The molecule has 3 aromatic rings. The fourth-order valence-corrected chi connectivity index (χ4v) is 4.43. The van der Waals surface area contributed by atoms with Gasteiger partial charge in [0.25, 0.3) is 0 Å². The van der Waals surface area contributed by atoms with Crippen molar-refractivity contribution in [2.24, 2.45) is 11.7 Å². The van der Waals surface area contributed by atoms with Crippen LogP contribution < -0.4 is 10.6 Å². The molecule has 7 heteroatoms. The number of pyridine rings is 1. The Bertz CT molecular complexity index is 1080. The quantitative estimate of drug-likeness (QED) is 0.347. The van der Waals surface area contributed by atoms with Crippen LogP contribution in [0.3, 0.4) is 0 Å². The zero-order chi connectivity index (χ0) is 24.1. The summed E-state index contributed by atoms with van der Waals surface area (Å²) in [5, 5.41) is 0. The Morgan fingerprint density at radius 1 is 1.06 bits per heavy atom. The van der Waals surface area contributed by atoms with Crippen molar-refractivity contribution in [3.63, 3.8) is 0 Å². The molecule has 0 saturated heterocycles. The second kappa shape index (κ2) is 13.8. The predicted molar refractivity (Wildman–Crippen MR) is 152 cm³/mol. The van der Waals surface area contributed by atoms with Gasteiger partial charge in [0.15, 0.2) is 0 Å². The fourth-order valence-electron chi connectivity index (χ4n) is 4.43. The van der Waals surface area contributed by atoms with Crippen LogP contribution in [0.2, 0.25) is 0 Å². The van der Waals surface area contributed by atoms with Gasteiger partial charge in [0.2, 0.25) is 5.91 Å². The zero-order valence-electron chi connectivity index (χ0n) is 21.2. The van der Waals surface area contributed by atoms with Crippen LogP contribution in [0.5, 0.6) is 0 Å². The van der Waals surface area contributed by atoms with Crippen LogP contribution in [-0.4, -0.2) is 36.7 Å². The second-order valence-electron chi connectivity index (χ2n) is 9.25. The Labute approximate surface area is 227 Å². The highest BCUT2D eigenvalue weighted by Crippen LogP contribution is 2.48. The lowest BCUT2D eigenvalue weighted by molar-refractivity contribution is -0.120. The van der Waals surface area contributed by atoms with Crippen molar-refractivity contribution < 1.29 is 9.53 Å². The van der Waals surface area contributed by atoms with Gasteiger partial charge < -0.3 is 15.4 Å². The van der Waals surface area contributed by atoms with Crippen LogP contribution in [0.1, 0.15) is 43.9 Å². The maximum atomic E-state index is 13.6. The smallest absolute Gasteiger partial charge is 0.230 e. The monoisotopic (exact) mass is 529 g/mol. The molecule has 1 heterocycles. The van der Waals surface area contributed by atoms with E-state index in [2.05, 4.69) is 48.3 Å². The summed E-state index contributed by atoms with van der Waals surface area (Å²) in [5.41, 5.74) is 11.9. The molecular formula is C29H37Cl2N3O2. The number of hydrogen-bond acceptors (Lipinski definition) is 4. The minimum Gasteiger partial charge on any atom is -0.380 e. The third-order valence-electron chi connectivity index (χ3n) is 6.81. The average Bonchev–Trinajstić information content (AvgIpc) is 3.69. The van der Waals surface area contributed by atoms with Crippen molar-refractivity contribution in [3.8, 4) is 11.1 Å². The number of halogens is 2. The summed E-state index contributed by atoms with van der Waals surface area (Å²) in [7, 11) is 1.65. The van der Waals surface area contributed by atoms with Crippen LogP contribution in [0, 0.1) is 5.92 Å². The summed E-state index contributed by atoms with van der Waals surface area (Å²) in [5.74, 6) is 0.213. The first-order chi connectivity index (χ1) is 16.5. The highest BCUT2D eigenvalue weighted by atomic mass is 35.5. The molecule has 1 aromatic heterocycles. The van der Waals surface area contributed by atoms with Crippen molar-refractivity contribution in [3.05, 3.63) is 84.2 Å². The van der Waals surface area contributed by atoms with Gasteiger partial charge in [-0.2, -0.15) is 0 Å². The Kier molecular flexibility index (Phi) is 11.4. The number of carbonyl (C=O) groups excluding carboxylic acids is 1. The fraction of sp³-hybridized carbons (Fsp3) is 0.379. The lowest BCUT2D eigenvalue weighted by Gasteiger charge is -2.29. The van der Waals surface area contributed by atoms with E-state index in [0.717, 1.165) is 36.2 Å². The molecule has 0 unspecified atom stereocenters. The van der Waals surface area contributed by atoms with Gasteiger partial charge in [0.1, 0.15) is 0 Å². The summed E-state index contributed by atoms with van der Waals surface area (Å²) in [4.78, 5) is 19.9. The first-order valence-corrected chi connectivity index (χ1v) is 12.2. The Balaban J connectivity index is 0.00000228. The van der Waals surface area contributed by atoms with Gasteiger partial charge in [0, 0.05) is 49.1 Å². The van der Waals surface area contributed by atoms with Crippen LogP contribution in [0.4, 0.5) is 5.69 Å². The molecule has 1 aliphatic rings. The molecule has 0 bridgehead atoms. The maximum absolute atomic E-state index is 13.6. The van der Waals surface area contributed by atoms with Gasteiger partial charge in [0.05, 0.1) is 6.10 Å². The lowest BCUT2D eigenvalue weighted by Crippen LogP contribution is -2.47. The van der Waals surface area contributed by atoms with Crippen molar-refractivity contribution in [1.82, 2.24) is 4.98 Å². The van der Waals surface area contributed by atoms with E-state index in [1.165, 1.54) is 11.1 Å². The number of aryl methyl sites for hydroxylation is 1. The number of carbonyl (C=O) groups is 1. The molecule has 194 valence electrons. The molecule has 2 N–H and O–H groups in total. The van der Waals surface area contributed by atoms with E-state index >= 15 is 0 Å². The van der Waals surface area contributed by atoms with Crippen LogP contribution >= 0.6 is 24.8 Å². The molecule has 0 spiro atoms. The van der Waals surface area contributed by atoms with Gasteiger partial charge in [-0.25, -0.2) is 0 Å².